The van der Waals surface area contributed by atoms with Gasteiger partial charge in [-0.1, -0.05) is 11.6 Å². The third kappa shape index (κ3) is 2.48. The largest absolute Gasteiger partial charge is 0.481 e. The number of benzene rings is 1. The average Bonchev–Trinajstić information content (AvgIpc) is 2.74. The zero-order chi connectivity index (χ0) is 15.1. The number of halogens is 2. The summed E-state index contributed by atoms with van der Waals surface area (Å²) in [6.07, 6.45) is -0.300. The predicted molar refractivity (Wildman–Crippen MR) is 79.7 cm³/mol. The molecule has 0 aliphatic heterocycles. The molecule has 0 radical (unpaired) electrons. The first-order valence-corrected chi connectivity index (χ1v) is 7.08. The number of rotatable bonds is 2. The van der Waals surface area contributed by atoms with Crippen molar-refractivity contribution in [2.45, 2.75) is 6.42 Å². The van der Waals surface area contributed by atoms with E-state index < -0.39 is 17.3 Å². The molecule has 0 bridgehead atoms. The number of thiophene rings is 1. The van der Waals surface area contributed by atoms with E-state index in [1.54, 1.807) is 0 Å². The molecule has 3 rings (SSSR count). The molecule has 1 N–H and O–H groups in total. The number of aromatic nitrogens is 1. The lowest BCUT2D eigenvalue weighted by Gasteiger charge is -2.00. The second-order valence-corrected chi connectivity index (χ2v) is 6.10. The highest BCUT2D eigenvalue weighted by molar-refractivity contribution is 7.22. The lowest BCUT2D eigenvalue weighted by atomic mass is 10.1. The van der Waals surface area contributed by atoms with Crippen molar-refractivity contribution in [3.05, 3.63) is 50.3 Å². The van der Waals surface area contributed by atoms with Gasteiger partial charge in [-0.2, -0.15) is 0 Å². The van der Waals surface area contributed by atoms with Crippen LogP contribution in [-0.2, 0) is 11.2 Å². The number of fused-ring (bicyclic) bond motifs is 2. The van der Waals surface area contributed by atoms with Gasteiger partial charge in [-0.3, -0.25) is 9.59 Å². The van der Waals surface area contributed by atoms with Gasteiger partial charge >= 0.3 is 5.97 Å². The van der Waals surface area contributed by atoms with Crippen LogP contribution in [-0.4, -0.2) is 16.1 Å². The Morgan fingerprint density at radius 3 is 2.81 bits per heavy atom. The number of carbonyl (C=O) groups is 1. The van der Waals surface area contributed by atoms with Gasteiger partial charge in [0.25, 0.3) is 5.56 Å². The number of nitrogens with zero attached hydrogens (tertiary/aromatic N) is 1. The summed E-state index contributed by atoms with van der Waals surface area (Å²) in [6.45, 7) is 0. The summed E-state index contributed by atoms with van der Waals surface area (Å²) in [7, 11) is 0. The third-order valence-corrected chi connectivity index (χ3v) is 4.37. The Labute approximate surface area is 126 Å². The second-order valence-electron chi connectivity index (χ2n) is 4.42. The topological polar surface area (TPSA) is 67.3 Å². The van der Waals surface area contributed by atoms with E-state index in [9.17, 15) is 14.0 Å². The normalized spacial score (nSPS) is 11.1. The summed E-state index contributed by atoms with van der Waals surface area (Å²) in [4.78, 5) is 27.1. The third-order valence-electron chi connectivity index (χ3n) is 3.04. The van der Waals surface area contributed by atoms with Gasteiger partial charge in [-0.25, -0.2) is 9.37 Å². The number of hydrogen-bond donors (Lipinski definition) is 1. The average molecular weight is 324 g/mol. The van der Waals surface area contributed by atoms with Crippen LogP contribution in [0.5, 0.6) is 0 Å². The first-order valence-electron chi connectivity index (χ1n) is 5.89. The van der Waals surface area contributed by atoms with E-state index in [1.165, 1.54) is 18.2 Å². The lowest BCUT2D eigenvalue weighted by Crippen LogP contribution is -2.00. The van der Waals surface area contributed by atoms with E-state index in [0.29, 0.717) is 20.0 Å². The number of carboxylic acid groups (broad SMARTS) is 1. The van der Waals surface area contributed by atoms with Crippen LogP contribution >= 0.6 is 22.9 Å². The maximum Gasteiger partial charge on any atom is 0.307 e. The Hall–Kier alpha value is -2.05. The van der Waals surface area contributed by atoms with Crippen molar-refractivity contribution in [3.8, 4) is 0 Å². The molecule has 7 heteroatoms. The van der Waals surface area contributed by atoms with Gasteiger partial charge in [-0.05, 0) is 23.8 Å². The molecule has 2 aromatic heterocycles. The van der Waals surface area contributed by atoms with Crippen LogP contribution in [0, 0.1) is 5.82 Å². The Kier molecular flexibility index (Phi) is 3.35. The molecule has 4 nitrogen and oxygen atoms in total. The first kappa shape index (κ1) is 13.9. The van der Waals surface area contributed by atoms with Crippen molar-refractivity contribution in [2.75, 3.05) is 0 Å². The monoisotopic (exact) mass is 323 g/mol. The number of hydrogen-bond acceptors (Lipinski definition) is 4. The molecule has 0 fully saturated rings. The van der Waals surface area contributed by atoms with Crippen molar-refractivity contribution in [1.82, 2.24) is 4.98 Å². The first-order chi connectivity index (χ1) is 9.95. The fourth-order valence-electron chi connectivity index (χ4n) is 2.22. The fourth-order valence-corrected chi connectivity index (χ4v) is 3.49. The Bertz CT molecular complexity index is 954. The molecule has 0 atom stereocenters. The fraction of sp³-hybridized carbons (Fsp3) is 0.0714. The van der Waals surface area contributed by atoms with Crippen molar-refractivity contribution in [3.63, 3.8) is 0 Å². The highest BCUT2D eigenvalue weighted by Gasteiger charge is 2.15. The smallest absolute Gasteiger partial charge is 0.307 e. The van der Waals surface area contributed by atoms with Gasteiger partial charge in [0.2, 0.25) is 0 Å². The lowest BCUT2D eigenvalue weighted by molar-refractivity contribution is -0.136. The van der Waals surface area contributed by atoms with Gasteiger partial charge in [-0.15, -0.1) is 11.3 Å². The van der Waals surface area contributed by atoms with Crippen molar-refractivity contribution in [2.24, 2.45) is 0 Å². The summed E-state index contributed by atoms with van der Waals surface area (Å²) in [6, 6.07) is 5.22. The quantitative estimate of drug-likeness (QED) is 0.786. The van der Waals surface area contributed by atoms with Crippen LogP contribution in [0.1, 0.15) is 5.56 Å². The van der Waals surface area contributed by atoms with Crippen molar-refractivity contribution >= 4 is 49.9 Å². The molecule has 3 aromatic rings. The van der Waals surface area contributed by atoms with Crippen molar-refractivity contribution < 1.29 is 14.3 Å². The van der Waals surface area contributed by atoms with Gasteiger partial charge in [0, 0.05) is 16.2 Å². The van der Waals surface area contributed by atoms with Gasteiger partial charge in [0.15, 0.2) is 0 Å². The van der Waals surface area contributed by atoms with Gasteiger partial charge in [0.1, 0.15) is 5.82 Å². The van der Waals surface area contributed by atoms with E-state index in [-0.39, 0.29) is 17.3 Å². The maximum atomic E-state index is 13.3. The van der Waals surface area contributed by atoms with E-state index in [2.05, 4.69) is 4.98 Å². The molecule has 1 aromatic carbocycles. The van der Waals surface area contributed by atoms with Gasteiger partial charge in [0.05, 0.1) is 21.7 Å². The van der Waals surface area contributed by atoms with Crippen LogP contribution in [0.3, 0.4) is 0 Å². The van der Waals surface area contributed by atoms with Crippen LogP contribution in [0.15, 0.2) is 29.1 Å². The van der Waals surface area contributed by atoms with E-state index >= 15 is 0 Å². The minimum absolute atomic E-state index is 0.135. The molecular weight excluding hydrogens is 317 g/mol. The van der Waals surface area contributed by atoms with Crippen molar-refractivity contribution in [1.29, 1.82) is 0 Å². The molecule has 0 amide bonds. The summed E-state index contributed by atoms with van der Waals surface area (Å²) in [5.74, 6) is -1.59. The molecule has 21 heavy (non-hydrogen) atoms. The molecule has 106 valence electrons. The van der Waals surface area contributed by atoms with E-state index in [1.807, 2.05) is 0 Å². The zero-order valence-corrected chi connectivity index (χ0v) is 12.0. The maximum absolute atomic E-state index is 13.3. The standard InChI is InChI=1S/C14H7ClFNO3S/c15-11-4-9-13(21-11)8(5-12(18)19)7-2-1-6(16)3-10(7)17-14(9)20/h1-4H,5H2,(H,18,19). The Morgan fingerprint density at radius 1 is 1.33 bits per heavy atom. The highest BCUT2D eigenvalue weighted by Crippen LogP contribution is 2.32. The van der Waals surface area contributed by atoms with E-state index in [0.717, 1.165) is 17.4 Å². The molecule has 2 heterocycles. The molecule has 0 spiro atoms. The predicted octanol–water partition coefficient (Wildman–Crippen LogP) is 3.23. The van der Waals surface area contributed by atoms with Crippen LogP contribution in [0.2, 0.25) is 4.34 Å². The highest BCUT2D eigenvalue weighted by atomic mass is 35.5. The van der Waals surface area contributed by atoms with E-state index in [4.69, 9.17) is 16.7 Å². The molecule has 0 aliphatic carbocycles. The Balaban J connectivity index is 2.58. The summed E-state index contributed by atoms with van der Waals surface area (Å²) >= 11 is 7.04. The SMILES string of the molecule is O=C(O)Cc1c2ccc(F)cc2nc(=O)c2cc(Cl)sc12. The van der Waals surface area contributed by atoms with Crippen LogP contribution in [0.4, 0.5) is 4.39 Å². The summed E-state index contributed by atoms with van der Waals surface area (Å²) in [5.41, 5.74) is -0.00448. The van der Waals surface area contributed by atoms with Crippen LogP contribution in [0.25, 0.3) is 21.0 Å². The molecular formula is C14H7ClFNO3S. The van der Waals surface area contributed by atoms with Crippen LogP contribution < -0.4 is 5.56 Å². The minimum atomic E-state index is -1.05. The summed E-state index contributed by atoms with van der Waals surface area (Å²) < 4.78 is 14.2. The summed E-state index contributed by atoms with van der Waals surface area (Å²) in [5, 5.41) is 9.78. The molecule has 0 unspecified atom stereocenters. The minimum Gasteiger partial charge on any atom is -0.481 e. The van der Waals surface area contributed by atoms with Gasteiger partial charge < -0.3 is 5.11 Å². The molecule has 0 saturated carbocycles. The molecule has 0 saturated heterocycles. The Morgan fingerprint density at radius 2 is 2.10 bits per heavy atom. The number of aliphatic carboxylic acids is 1. The second kappa shape index (κ2) is 5.05. The zero-order valence-electron chi connectivity index (χ0n) is 10.4. The molecule has 0 aliphatic rings. The number of carboxylic acids is 1.